The van der Waals surface area contributed by atoms with Gasteiger partial charge in [0.25, 0.3) is 0 Å². The first-order chi connectivity index (χ1) is 14.1. The van der Waals surface area contributed by atoms with Crippen molar-refractivity contribution in [2.45, 2.75) is 46.3 Å². The lowest BCUT2D eigenvalue weighted by molar-refractivity contribution is -0.156. The van der Waals surface area contributed by atoms with Crippen LogP contribution in [0.1, 0.15) is 56.1 Å². The second-order valence-corrected chi connectivity index (χ2v) is 9.25. The minimum Gasteiger partial charge on any atom is -0.485 e. The molecule has 0 amide bonds. The van der Waals surface area contributed by atoms with Gasteiger partial charge in [-0.15, -0.1) is 0 Å². The van der Waals surface area contributed by atoms with Gasteiger partial charge in [-0.1, -0.05) is 58.7 Å². The van der Waals surface area contributed by atoms with Gasteiger partial charge in [0.05, 0.1) is 11.0 Å². The lowest BCUT2D eigenvalue weighted by Gasteiger charge is -2.41. The fraction of sp³-hybridized carbons (Fsp3) is 0.333. The van der Waals surface area contributed by atoms with Crippen molar-refractivity contribution in [3.05, 3.63) is 80.5 Å². The maximum Gasteiger partial charge on any atom is 0.337 e. The number of carbonyl (C=O) groups excluding carboxylic acids is 2. The van der Waals surface area contributed by atoms with E-state index in [1.165, 1.54) is 0 Å². The molecule has 0 saturated heterocycles. The van der Waals surface area contributed by atoms with Crippen LogP contribution >= 0.6 is 27.5 Å². The number of rotatable bonds is 6. The number of Topliss-reactive ketones (excluding diaryl/α,β-unsaturated/α-hetero) is 1. The van der Waals surface area contributed by atoms with Gasteiger partial charge in [0.1, 0.15) is 11.9 Å². The fourth-order valence-corrected chi connectivity index (χ4v) is 4.06. The van der Waals surface area contributed by atoms with E-state index in [-0.39, 0.29) is 5.78 Å². The number of halogens is 2. The van der Waals surface area contributed by atoms with Gasteiger partial charge in [-0.3, -0.25) is 4.79 Å². The van der Waals surface area contributed by atoms with E-state index >= 15 is 0 Å². The van der Waals surface area contributed by atoms with Gasteiger partial charge in [0, 0.05) is 15.1 Å². The molecule has 2 atom stereocenters. The molecule has 1 aliphatic heterocycles. The highest BCUT2D eigenvalue weighted by Gasteiger charge is 2.46. The quantitative estimate of drug-likeness (QED) is 0.334. The topological polar surface area (TPSA) is 52.6 Å². The van der Waals surface area contributed by atoms with Crippen molar-refractivity contribution in [1.29, 1.82) is 0 Å². The van der Waals surface area contributed by atoms with E-state index < -0.39 is 23.6 Å². The summed E-state index contributed by atoms with van der Waals surface area (Å²) in [6, 6.07) is 14.4. The Labute approximate surface area is 190 Å². The number of hydrogen-bond donors (Lipinski definition) is 0. The largest absolute Gasteiger partial charge is 0.485 e. The molecule has 1 heterocycles. The minimum absolute atomic E-state index is 0.122. The Morgan fingerprint density at radius 3 is 2.33 bits per heavy atom. The molecular formula is C24H24BrClO4. The summed E-state index contributed by atoms with van der Waals surface area (Å²) in [5, 5.41) is 0.605. The predicted octanol–water partition coefficient (Wildman–Crippen LogP) is 6.68. The molecule has 0 bridgehead atoms. The third-order valence-electron chi connectivity index (χ3n) is 5.34. The van der Waals surface area contributed by atoms with E-state index in [0.29, 0.717) is 28.3 Å². The molecule has 0 unspecified atom stereocenters. The molecular weight excluding hydrogens is 468 g/mol. The van der Waals surface area contributed by atoms with Crippen molar-refractivity contribution in [3.63, 3.8) is 0 Å². The number of ketones is 1. The second kappa shape index (κ2) is 8.94. The van der Waals surface area contributed by atoms with Crippen molar-refractivity contribution >= 4 is 39.3 Å². The maximum atomic E-state index is 13.1. The van der Waals surface area contributed by atoms with Gasteiger partial charge in [0.15, 0.2) is 6.10 Å². The molecule has 0 saturated carbocycles. The Morgan fingerprint density at radius 1 is 1.17 bits per heavy atom. The summed E-state index contributed by atoms with van der Waals surface area (Å²) in [6.45, 7) is 7.47. The smallest absolute Gasteiger partial charge is 0.337 e. The van der Waals surface area contributed by atoms with Crippen LogP contribution in [0, 0.1) is 5.41 Å². The van der Waals surface area contributed by atoms with Crippen LogP contribution in [0.4, 0.5) is 0 Å². The van der Waals surface area contributed by atoms with Crippen LogP contribution in [0.2, 0.25) is 5.02 Å². The van der Waals surface area contributed by atoms with Gasteiger partial charge in [-0.25, -0.2) is 4.79 Å². The molecule has 158 valence electrons. The SMILES string of the molecule is CC[C@H](OC1=C(C)C(=O)O[C@@H](c2ccc(Cl)cc2)C1(C)C)C(=O)c1ccc(Br)cc1. The number of carbonyl (C=O) groups is 2. The summed E-state index contributed by atoms with van der Waals surface area (Å²) in [7, 11) is 0. The van der Waals surface area contributed by atoms with Gasteiger partial charge in [-0.2, -0.15) is 0 Å². The Morgan fingerprint density at radius 2 is 1.77 bits per heavy atom. The number of cyclic esters (lactones) is 1. The predicted molar refractivity (Wildman–Crippen MR) is 120 cm³/mol. The average molecular weight is 492 g/mol. The normalized spacial score (nSPS) is 19.3. The highest BCUT2D eigenvalue weighted by Crippen LogP contribution is 2.48. The monoisotopic (exact) mass is 490 g/mol. The molecule has 6 heteroatoms. The van der Waals surface area contributed by atoms with E-state index in [1.807, 2.05) is 45.0 Å². The zero-order chi connectivity index (χ0) is 22.1. The molecule has 30 heavy (non-hydrogen) atoms. The van der Waals surface area contributed by atoms with E-state index in [1.54, 1.807) is 31.2 Å². The zero-order valence-electron chi connectivity index (χ0n) is 17.4. The molecule has 0 N–H and O–H groups in total. The molecule has 0 aliphatic carbocycles. The minimum atomic E-state index is -0.702. The molecule has 0 spiro atoms. The summed E-state index contributed by atoms with van der Waals surface area (Å²) in [4.78, 5) is 25.7. The molecule has 1 aliphatic rings. The molecule has 2 aromatic rings. The Bertz CT molecular complexity index is 977. The Balaban J connectivity index is 1.94. The van der Waals surface area contributed by atoms with Crippen LogP contribution < -0.4 is 0 Å². The zero-order valence-corrected chi connectivity index (χ0v) is 19.7. The molecule has 4 nitrogen and oxygen atoms in total. The third kappa shape index (κ3) is 4.47. The summed E-state index contributed by atoms with van der Waals surface area (Å²) in [6.07, 6.45) is -0.781. The van der Waals surface area contributed by atoms with Gasteiger partial charge in [-0.05, 0) is 57.0 Å². The van der Waals surface area contributed by atoms with Crippen LogP contribution in [-0.4, -0.2) is 17.9 Å². The van der Waals surface area contributed by atoms with Crippen molar-refractivity contribution in [1.82, 2.24) is 0 Å². The summed E-state index contributed by atoms with van der Waals surface area (Å²) in [5.41, 5.74) is 1.10. The first-order valence-electron chi connectivity index (χ1n) is 9.79. The fourth-order valence-electron chi connectivity index (χ4n) is 3.66. The van der Waals surface area contributed by atoms with E-state index in [4.69, 9.17) is 21.1 Å². The first kappa shape index (κ1) is 22.6. The number of benzene rings is 2. The highest BCUT2D eigenvalue weighted by molar-refractivity contribution is 9.10. The van der Waals surface area contributed by atoms with Crippen molar-refractivity contribution in [3.8, 4) is 0 Å². The third-order valence-corrected chi connectivity index (χ3v) is 6.12. The molecule has 0 fully saturated rings. The molecule has 0 aromatic heterocycles. The molecule has 2 aromatic carbocycles. The number of hydrogen-bond acceptors (Lipinski definition) is 4. The lowest BCUT2D eigenvalue weighted by atomic mass is 9.77. The molecule has 0 radical (unpaired) electrons. The van der Waals surface area contributed by atoms with E-state index in [2.05, 4.69) is 15.9 Å². The lowest BCUT2D eigenvalue weighted by Crippen LogP contribution is -2.38. The van der Waals surface area contributed by atoms with E-state index in [9.17, 15) is 9.59 Å². The first-order valence-corrected chi connectivity index (χ1v) is 11.0. The average Bonchev–Trinajstić information content (AvgIpc) is 2.72. The Hall–Kier alpha value is -2.11. The molecule has 3 rings (SSSR count). The van der Waals surface area contributed by atoms with Crippen molar-refractivity contribution in [2.75, 3.05) is 0 Å². The van der Waals surface area contributed by atoms with Crippen LogP contribution in [-0.2, 0) is 14.3 Å². The van der Waals surface area contributed by atoms with Gasteiger partial charge < -0.3 is 9.47 Å². The highest BCUT2D eigenvalue weighted by atomic mass is 79.9. The van der Waals surface area contributed by atoms with E-state index in [0.717, 1.165) is 10.0 Å². The van der Waals surface area contributed by atoms with Crippen LogP contribution in [0.3, 0.4) is 0 Å². The second-order valence-electron chi connectivity index (χ2n) is 7.90. The number of esters is 1. The van der Waals surface area contributed by atoms with Gasteiger partial charge in [0.2, 0.25) is 5.78 Å². The van der Waals surface area contributed by atoms with Crippen LogP contribution in [0.15, 0.2) is 64.3 Å². The maximum absolute atomic E-state index is 13.1. The summed E-state index contributed by atoms with van der Waals surface area (Å²) < 4.78 is 12.9. The Kier molecular flexibility index (Phi) is 6.73. The summed E-state index contributed by atoms with van der Waals surface area (Å²) in [5.74, 6) is -0.0886. The van der Waals surface area contributed by atoms with Gasteiger partial charge >= 0.3 is 5.97 Å². The van der Waals surface area contributed by atoms with Crippen molar-refractivity contribution in [2.24, 2.45) is 5.41 Å². The standard InChI is InChI=1S/C24H24BrClO4/c1-5-19(20(27)15-6-10-17(25)11-7-15)29-21-14(2)23(28)30-22(24(21,3)4)16-8-12-18(26)13-9-16/h6-13,19,22H,5H2,1-4H3/t19-,22-/m0/s1. The summed E-state index contributed by atoms with van der Waals surface area (Å²) >= 11 is 9.39. The number of ether oxygens (including phenoxy) is 2. The van der Waals surface area contributed by atoms with Crippen LogP contribution in [0.5, 0.6) is 0 Å². The van der Waals surface area contributed by atoms with Crippen LogP contribution in [0.25, 0.3) is 0 Å². The van der Waals surface area contributed by atoms with Crippen molar-refractivity contribution < 1.29 is 19.1 Å².